The minimum absolute atomic E-state index is 0.130. The average Bonchev–Trinajstić information content (AvgIpc) is 2.95. The summed E-state index contributed by atoms with van der Waals surface area (Å²) < 4.78 is 0. The number of anilines is 4. The van der Waals surface area contributed by atoms with Crippen molar-refractivity contribution in [1.29, 1.82) is 0 Å². The molecule has 4 aromatic rings. The topological polar surface area (TPSA) is 99.5 Å². The van der Waals surface area contributed by atoms with Crippen molar-refractivity contribution in [3.63, 3.8) is 0 Å². The van der Waals surface area contributed by atoms with Gasteiger partial charge >= 0.3 is 0 Å². The van der Waals surface area contributed by atoms with Gasteiger partial charge in [0, 0.05) is 62.8 Å². The zero-order valence-electron chi connectivity index (χ0n) is 22.0. The van der Waals surface area contributed by atoms with Crippen LogP contribution in [0.5, 0.6) is 0 Å². The third-order valence-corrected chi connectivity index (χ3v) is 7.65. The summed E-state index contributed by atoms with van der Waals surface area (Å²) in [5.41, 5.74) is 6.90. The molecule has 1 aromatic heterocycles. The van der Waals surface area contributed by atoms with Crippen molar-refractivity contribution in [2.45, 2.75) is 25.9 Å². The van der Waals surface area contributed by atoms with Crippen LogP contribution in [0.2, 0.25) is 5.02 Å². The fourth-order valence-electron chi connectivity index (χ4n) is 5.29. The van der Waals surface area contributed by atoms with E-state index in [-0.39, 0.29) is 10.6 Å². The minimum atomic E-state index is -0.358. The molecule has 3 heterocycles. The van der Waals surface area contributed by atoms with Crippen LogP contribution >= 0.6 is 11.6 Å². The molecule has 40 heavy (non-hydrogen) atoms. The molecule has 0 atom stereocenters. The number of hydrogen-bond donors (Lipinski definition) is 2. The van der Waals surface area contributed by atoms with E-state index in [1.165, 1.54) is 16.7 Å². The normalized spacial score (nSPS) is 15.6. The molecule has 9 nitrogen and oxygen atoms in total. The average molecular weight is 556 g/mol. The number of nitrogens with zero attached hydrogens (tertiary/aromatic N) is 5. The van der Waals surface area contributed by atoms with Gasteiger partial charge in [-0.2, -0.15) is 4.98 Å². The van der Waals surface area contributed by atoms with E-state index in [2.05, 4.69) is 66.8 Å². The van der Waals surface area contributed by atoms with Crippen molar-refractivity contribution < 1.29 is 4.92 Å². The Labute approximate surface area is 238 Å². The van der Waals surface area contributed by atoms with Gasteiger partial charge in [0.2, 0.25) is 5.95 Å². The first-order valence-electron chi connectivity index (χ1n) is 13.4. The zero-order chi connectivity index (χ0) is 27.5. The van der Waals surface area contributed by atoms with Crippen molar-refractivity contribution in [2.75, 3.05) is 36.8 Å². The van der Waals surface area contributed by atoms with Crippen molar-refractivity contribution in [3.8, 4) is 0 Å². The fourth-order valence-corrected chi connectivity index (χ4v) is 5.43. The van der Waals surface area contributed by atoms with Crippen molar-refractivity contribution in [1.82, 2.24) is 19.8 Å². The Morgan fingerprint density at radius 1 is 0.825 bits per heavy atom. The van der Waals surface area contributed by atoms with E-state index in [9.17, 15) is 10.1 Å². The number of non-ortho nitro benzene ring substituents is 1. The molecule has 0 spiro atoms. The van der Waals surface area contributed by atoms with Gasteiger partial charge in [-0.1, -0.05) is 41.9 Å². The second-order valence-electron chi connectivity index (χ2n) is 10.4. The molecule has 1 saturated heterocycles. The van der Waals surface area contributed by atoms with Gasteiger partial charge in [-0.3, -0.25) is 19.9 Å². The van der Waals surface area contributed by atoms with Gasteiger partial charge in [-0.25, -0.2) is 4.98 Å². The van der Waals surface area contributed by atoms with Crippen LogP contribution in [0.15, 0.2) is 72.9 Å². The van der Waals surface area contributed by atoms with Gasteiger partial charge in [0.05, 0.1) is 11.1 Å². The highest BCUT2D eigenvalue weighted by atomic mass is 35.5. The first-order chi connectivity index (χ1) is 19.5. The highest BCUT2D eigenvalue weighted by Gasteiger charge is 2.18. The van der Waals surface area contributed by atoms with Crippen LogP contribution in [-0.4, -0.2) is 50.9 Å². The van der Waals surface area contributed by atoms with Crippen LogP contribution in [0.3, 0.4) is 0 Å². The van der Waals surface area contributed by atoms with E-state index in [1.807, 2.05) is 18.2 Å². The van der Waals surface area contributed by atoms with Crippen molar-refractivity contribution in [2.24, 2.45) is 0 Å². The second kappa shape index (κ2) is 11.6. The maximum atomic E-state index is 10.9. The molecule has 0 unspecified atom stereocenters. The summed E-state index contributed by atoms with van der Waals surface area (Å²) in [4.78, 5) is 24.4. The van der Waals surface area contributed by atoms with E-state index < -0.39 is 0 Å². The standard InChI is InChI=1S/C30H30ClN7O2/c31-28-18-32-30-34-25-3-1-2-21(15-25)4-5-23-14-24(17-26(16-23)33-29(28)35-30)20-37-12-10-36(11-13-37)19-22-6-8-27(9-7-22)38(39)40/h1-3,6-9,14-18H,4-5,10-13,19-20H2,(H2,32,33,34,35). The van der Waals surface area contributed by atoms with E-state index in [1.54, 1.807) is 18.3 Å². The molecule has 0 radical (unpaired) electrons. The number of nitrogens with one attached hydrogen (secondary N) is 2. The fraction of sp³-hybridized carbons (Fsp3) is 0.267. The first kappa shape index (κ1) is 26.2. The number of benzene rings is 3. The summed E-state index contributed by atoms with van der Waals surface area (Å²) in [5.74, 6) is 1.06. The summed E-state index contributed by atoms with van der Waals surface area (Å²) >= 11 is 6.46. The summed E-state index contributed by atoms with van der Waals surface area (Å²) in [5, 5.41) is 18.1. The van der Waals surface area contributed by atoms with Crippen LogP contribution in [-0.2, 0) is 25.9 Å². The lowest BCUT2D eigenvalue weighted by atomic mass is 10.0. The van der Waals surface area contributed by atoms with Gasteiger partial charge in [0.25, 0.3) is 5.69 Å². The molecule has 2 aliphatic heterocycles. The Morgan fingerprint density at radius 2 is 1.52 bits per heavy atom. The monoisotopic (exact) mass is 555 g/mol. The Morgan fingerprint density at radius 3 is 2.27 bits per heavy atom. The lowest BCUT2D eigenvalue weighted by molar-refractivity contribution is -0.384. The van der Waals surface area contributed by atoms with Crippen LogP contribution in [0.25, 0.3) is 0 Å². The molecular weight excluding hydrogens is 526 g/mol. The summed E-state index contributed by atoms with van der Waals surface area (Å²) in [6.45, 7) is 5.47. The third-order valence-electron chi connectivity index (χ3n) is 7.37. The third kappa shape index (κ3) is 6.39. The number of rotatable bonds is 5. The molecule has 6 rings (SSSR count). The molecule has 3 aromatic carbocycles. The molecule has 1 fully saturated rings. The number of hydrogen-bond acceptors (Lipinski definition) is 8. The number of aryl methyl sites for hydroxylation is 2. The van der Waals surface area contributed by atoms with Gasteiger partial charge < -0.3 is 10.6 Å². The molecule has 0 saturated carbocycles. The van der Waals surface area contributed by atoms with Crippen molar-refractivity contribution >= 4 is 40.4 Å². The quantitative estimate of drug-likeness (QED) is 0.230. The summed E-state index contributed by atoms with van der Waals surface area (Å²) in [7, 11) is 0. The Balaban J connectivity index is 1.16. The number of aromatic nitrogens is 2. The Kier molecular flexibility index (Phi) is 7.59. The minimum Gasteiger partial charge on any atom is -0.339 e. The summed E-state index contributed by atoms with van der Waals surface area (Å²) in [6.07, 6.45) is 3.47. The van der Waals surface area contributed by atoms with Gasteiger partial charge in [0.1, 0.15) is 5.02 Å². The number of nitro benzene ring substituents is 1. The molecule has 0 aliphatic carbocycles. The van der Waals surface area contributed by atoms with E-state index >= 15 is 0 Å². The van der Waals surface area contributed by atoms with E-state index in [0.717, 1.165) is 69.0 Å². The molecule has 10 heteroatoms. The number of fused-ring (bicyclic) bond motifs is 6. The highest BCUT2D eigenvalue weighted by Crippen LogP contribution is 2.28. The highest BCUT2D eigenvalue weighted by molar-refractivity contribution is 6.32. The van der Waals surface area contributed by atoms with Crippen LogP contribution < -0.4 is 10.6 Å². The zero-order valence-corrected chi connectivity index (χ0v) is 22.8. The SMILES string of the molecule is O=[N+]([O-])c1ccc(CN2CCN(Cc3cc4cc(c3)Nc3nc(ncc3Cl)Nc3cccc(c3)CC4)CC2)cc1. The first-order valence-corrected chi connectivity index (χ1v) is 13.8. The second-order valence-corrected chi connectivity index (χ2v) is 10.8. The largest absolute Gasteiger partial charge is 0.339 e. The van der Waals surface area contributed by atoms with Gasteiger partial charge in [-0.15, -0.1) is 0 Å². The number of piperazine rings is 1. The lowest BCUT2D eigenvalue weighted by Crippen LogP contribution is -2.45. The van der Waals surface area contributed by atoms with E-state index in [0.29, 0.717) is 16.8 Å². The molecule has 6 bridgehead atoms. The van der Waals surface area contributed by atoms with Gasteiger partial charge in [0.15, 0.2) is 5.82 Å². The Hall–Kier alpha value is -4.05. The molecular formula is C30H30ClN7O2. The van der Waals surface area contributed by atoms with Gasteiger partial charge in [-0.05, 0) is 59.4 Å². The maximum Gasteiger partial charge on any atom is 0.269 e. The van der Waals surface area contributed by atoms with E-state index in [4.69, 9.17) is 11.6 Å². The van der Waals surface area contributed by atoms with Crippen LogP contribution in [0.1, 0.15) is 22.3 Å². The molecule has 0 amide bonds. The van der Waals surface area contributed by atoms with Crippen molar-refractivity contribution in [3.05, 3.63) is 110 Å². The lowest BCUT2D eigenvalue weighted by Gasteiger charge is -2.35. The Bertz CT molecular complexity index is 1520. The number of nitro groups is 1. The predicted molar refractivity (Wildman–Crippen MR) is 158 cm³/mol. The predicted octanol–water partition coefficient (Wildman–Crippen LogP) is 5.94. The molecule has 2 aliphatic rings. The maximum absolute atomic E-state index is 10.9. The molecule has 204 valence electrons. The smallest absolute Gasteiger partial charge is 0.269 e. The van der Waals surface area contributed by atoms with Crippen LogP contribution in [0.4, 0.5) is 28.8 Å². The number of halogens is 1. The summed E-state index contributed by atoms with van der Waals surface area (Å²) in [6, 6.07) is 21.9. The van der Waals surface area contributed by atoms with Crippen LogP contribution in [0, 0.1) is 10.1 Å². The molecule has 2 N–H and O–H groups in total.